The summed E-state index contributed by atoms with van der Waals surface area (Å²) in [6.07, 6.45) is 15.2. The Morgan fingerprint density at radius 2 is 1.88 bits per heavy atom. The fourth-order valence-corrected chi connectivity index (χ4v) is 7.72. The average Bonchev–Trinajstić information content (AvgIpc) is 2.92. The molecule has 0 spiro atoms. The molecule has 134 valence electrons. The first-order valence-corrected chi connectivity index (χ1v) is 11.5. The van der Waals surface area contributed by atoms with Crippen LogP contribution < -0.4 is 0 Å². The van der Waals surface area contributed by atoms with Gasteiger partial charge in [-0.05, 0) is 85.4 Å². The van der Waals surface area contributed by atoms with Crippen molar-refractivity contribution in [2.45, 2.75) is 72.6 Å². The van der Waals surface area contributed by atoms with E-state index in [2.05, 4.69) is 55.8 Å². The summed E-state index contributed by atoms with van der Waals surface area (Å²) >= 11 is 3.77. The number of hydrogen-bond acceptors (Lipinski definition) is 0. The molecule has 0 aromatic rings. The van der Waals surface area contributed by atoms with Gasteiger partial charge in [0.15, 0.2) is 0 Å². The molecule has 0 radical (unpaired) electrons. The molecule has 0 aliphatic heterocycles. The van der Waals surface area contributed by atoms with Crippen molar-refractivity contribution in [2.75, 3.05) is 5.33 Å². The van der Waals surface area contributed by atoms with Crippen LogP contribution >= 0.6 is 15.9 Å². The molecule has 4 aliphatic rings. The Bertz CT molecular complexity index is 573. The van der Waals surface area contributed by atoms with E-state index in [1.165, 1.54) is 50.3 Å². The molecule has 0 saturated heterocycles. The minimum absolute atomic E-state index is 0.483. The van der Waals surface area contributed by atoms with Crippen LogP contribution in [0.4, 0.5) is 0 Å². The van der Waals surface area contributed by atoms with Gasteiger partial charge in [-0.25, -0.2) is 0 Å². The second-order valence-corrected chi connectivity index (χ2v) is 10.7. The van der Waals surface area contributed by atoms with Gasteiger partial charge in [0, 0.05) is 5.33 Å². The van der Waals surface area contributed by atoms with Crippen LogP contribution in [-0.4, -0.2) is 5.33 Å². The molecule has 3 fully saturated rings. The number of fused-ring (bicyclic) bond motifs is 5. The first-order valence-electron chi connectivity index (χ1n) is 10.4. The highest BCUT2D eigenvalue weighted by Crippen LogP contribution is 2.66. The lowest BCUT2D eigenvalue weighted by Gasteiger charge is -2.55. The second kappa shape index (κ2) is 6.00. The summed E-state index contributed by atoms with van der Waals surface area (Å²) in [6.45, 7) is 10.2. The highest BCUT2D eigenvalue weighted by molar-refractivity contribution is 9.09. The van der Waals surface area contributed by atoms with Crippen LogP contribution in [0, 0.1) is 40.4 Å². The van der Waals surface area contributed by atoms with Crippen LogP contribution in [0.15, 0.2) is 23.3 Å². The van der Waals surface area contributed by atoms with Crippen molar-refractivity contribution >= 4 is 15.9 Å². The summed E-state index contributed by atoms with van der Waals surface area (Å²) in [5.74, 6) is 4.33. The van der Waals surface area contributed by atoms with Crippen molar-refractivity contribution in [3.63, 3.8) is 0 Å². The minimum atomic E-state index is 0.483. The molecule has 0 N–H and O–H groups in total. The Balaban J connectivity index is 1.68. The Labute approximate surface area is 157 Å². The van der Waals surface area contributed by atoms with Crippen LogP contribution in [-0.2, 0) is 0 Å². The molecule has 24 heavy (non-hydrogen) atoms. The Morgan fingerprint density at radius 1 is 1.08 bits per heavy atom. The zero-order valence-electron chi connectivity index (χ0n) is 16.1. The molecule has 3 saturated carbocycles. The van der Waals surface area contributed by atoms with Crippen molar-refractivity contribution in [3.8, 4) is 0 Å². The third kappa shape index (κ3) is 2.36. The third-order valence-electron chi connectivity index (χ3n) is 8.82. The average molecular weight is 391 g/mol. The largest absolute Gasteiger partial charge is 0.0925 e. The fourth-order valence-electron chi connectivity index (χ4n) is 7.27. The van der Waals surface area contributed by atoms with Crippen molar-refractivity contribution in [3.05, 3.63) is 23.3 Å². The maximum atomic E-state index is 3.77. The molecule has 4 aliphatic carbocycles. The van der Waals surface area contributed by atoms with Gasteiger partial charge in [-0.3, -0.25) is 0 Å². The summed E-state index contributed by atoms with van der Waals surface area (Å²) in [6, 6.07) is 0. The van der Waals surface area contributed by atoms with Crippen molar-refractivity contribution in [2.24, 2.45) is 40.4 Å². The van der Waals surface area contributed by atoms with Gasteiger partial charge < -0.3 is 0 Å². The molecule has 1 heteroatoms. The topological polar surface area (TPSA) is 0 Å². The van der Waals surface area contributed by atoms with Gasteiger partial charge in [0.2, 0.25) is 0 Å². The van der Waals surface area contributed by atoms with E-state index in [0.29, 0.717) is 10.8 Å². The summed E-state index contributed by atoms with van der Waals surface area (Å²) in [4.78, 5) is 0. The number of rotatable bonds is 2. The van der Waals surface area contributed by atoms with E-state index in [4.69, 9.17) is 0 Å². The summed E-state index contributed by atoms with van der Waals surface area (Å²) in [7, 11) is 0. The van der Waals surface area contributed by atoms with Gasteiger partial charge in [0.25, 0.3) is 0 Å². The summed E-state index contributed by atoms with van der Waals surface area (Å²) < 4.78 is 0. The fraction of sp³-hybridized carbons (Fsp3) is 0.826. The number of hydrogen-bond donors (Lipinski definition) is 0. The highest BCUT2D eigenvalue weighted by atomic mass is 79.9. The third-order valence-corrected chi connectivity index (χ3v) is 9.84. The lowest BCUT2D eigenvalue weighted by atomic mass is 9.49. The van der Waals surface area contributed by atoms with Gasteiger partial charge in [-0.2, -0.15) is 0 Å². The van der Waals surface area contributed by atoms with Crippen molar-refractivity contribution in [1.29, 1.82) is 0 Å². The molecule has 0 heterocycles. The van der Waals surface area contributed by atoms with Crippen LogP contribution in [0.2, 0.25) is 0 Å². The SMILES string of the molecule is CC1CC[C@]2(C)C(=CC=C3C4CC[C@H]([C@H](C)CBr)[C@@]4(C)CCC32)C1. The van der Waals surface area contributed by atoms with Gasteiger partial charge in [-0.15, -0.1) is 0 Å². The van der Waals surface area contributed by atoms with E-state index in [1.807, 2.05) is 5.57 Å². The summed E-state index contributed by atoms with van der Waals surface area (Å²) in [5, 5.41) is 1.17. The monoisotopic (exact) mass is 390 g/mol. The Kier molecular flexibility index (Phi) is 4.34. The molecule has 4 rings (SSSR count). The van der Waals surface area contributed by atoms with E-state index in [9.17, 15) is 0 Å². The van der Waals surface area contributed by atoms with Crippen LogP contribution in [0.3, 0.4) is 0 Å². The minimum Gasteiger partial charge on any atom is -0.0925 e. The van der Waals surface area contributed by atoms with E-state index in [0.717, 1.165) is 29.6 Å². The first-order chi connectivity index (χ1) is 11.4. The van der Waals surface area contributed by atoms with E-state index in [1.54, 1.807) is 5.57 Å². The maximum absolute atomic E-state index is 3.77. The second-order valence-electron chi connectivity index (χ2n) is 10.1. The molecule has 0 aromatic carbocycles. The van der Waals surface area contributed by atoms with Crippen LogP contribution in [0.5, 0.6) is 0 Å². The highest BCUT2D eigenvalue weighted by Gasteiger charge is 2.56. The normalized spacial score (nSPS) is 48.7. The van der Waals surface area contributed by atoms with Crippen LogP contribution in [0.25, 0.3) is 0 Å². The number of alkyl halides is 1. The number of halogens is 1. The lowest BCUT2D eigenvalue weighted by Crippen LogP contribution is -2.46. The van der Waals surface area contributed by atoms with E-state index < -0.39 is 0 Å². The molecule has 3 unspecified atom stereocenters. The number of allylic oxidation sites excluding steroid dienone is 4. The molecule has 0 amide bonds. The smallest absolute Gasteiger partial charge is 0.00598 e. The van der Waals surface area contributed by atoms with Gasteiger partial charge >= 0.3 is 0 Å². The first kappa shape index (κ1) is 17.4. The zero-order valence-corrected chi connectivity index (χ0v) is 17.7. The summed E-state index contributed by atoms with van der Waals surface area (Å²) in [5.41, 5.74) is 4.67. The predicted octanol–water partition coefficient (Wildman–Crippen LogP) is 7.15. The zero-order chi connectivity index (χ0) is 17.1. The van der Waals surface area contributed by atoms with Crippen molar-refractivity contribution < 1.29 is 0 Å². The standard InChI is InChI=1S/C23H35Br/c1-15-9-11-22(3)17(13-15)5-6-18-20-8-7-19(16(2)14-24)23(20,4)12-10-21(18)22/h5-6,15-16,19-21H,7-14H2,1-4H3/t15?,16-,19-,20?,21?,22-,23-/m1/s1. The Hall–Kier alpha value is -0.0400. The molecule has 0 nitrogen and oxygen atoms in total. The maximum Gasteiger partial charge on any atom is 0.00598 e. The quantitative estimate of drug-likeness (QED) is 0.438. The van der Waals surface area contributed by atoms with E-state index >= 15 is 0 Å². The molecular formula is C23H35Br. The van der Waals surface area contributed by atoms with Gasteiger partial charge in [-0.1, -0.05) is 66.9 Å². The predicted molar refractivity (Wildman–Crippen MR) is 107 cm³/mol. The molecule has 0 bridgehead atoms. The van der Waals surface area contributed by atoms with E-state index in [-0.39, 0.29) is 0 Å². The lowest BCUT2D eigenvalue weighted by molar-refractivity contribution is 0.0509. The molecular weight excluding hydrogens is 356 g/mol. The van der Waals surface area contributed by atoms with Gasteiger partial charge in [0.05, 0.1) is 0 Å². The van der Waals surface area contributed by atoms with Gasteiger partial charge in [0.1, 0.15) is 0 Å². The van der Waals surface area contributed by atoms with Crippen LogP contribution in [0.1, 0.15) is 72.6 Å². The van der Waals surface area contributed by atoms with Crippen molar-refractivity contribution in [1.82, 2.24) is 0 Å². The molecule has 0 aromatic heterocycles. The Morgan fingerprint density at radius 3 is 2.62 bits per heavy atom. The molecule has 7 atom stereocenters.